The quantitative estimate of drug-likeness (QED) is 0.877. The number of carbonyl (C=O) groups excluding carboxylic acids is 1. The number of carbonyl (C=O) groups is 1. The molecule has 0 aliphatic carbocycles. The van der Waals surface area contributed by atoms with Crippen molar-refractivity contribution in [2.45, 2.75) is 39.2 Å². The fourth-order valence-corrected chi connectivity index (χ4v) is 1.98. The largest absolute Gasteiger partial charge is 0.449 e. The smallest absolute Gasteiger partial charge is 0.287 e. The number of nitrogens with zero attached hydrogens (tertiary/aromatic N) is 1. The van der Waals surface area contributed by atoms with Gasteiger partial charge >= 0.3 is 0 Å². The number of aryl methyl sites for hydroxylation is 1. The lowest BCUT2D eigenvalue weighted by molar-refractivity contribution is 0.0916. The molecule has 0 radical (unpaired) electrons. The Kier molecular flexibility index (Phi) is 4.09. The molecule has 5 heteroatoms. The Bertz CT molecular complexity index is 615. The summed E-state index contributed by atoms with van der Waals surface area (Å²) in [5.41, 5.74) is 8.00. The van der Waals surface area contributed by atoms with E-state index in [0.717, 1.165) is 18.5 Å². The average molecular weight is 275 g/mol. The fraction of sp³-hybridized carbons (Fsp3) is 0.467. The third-order valence-electron chi connectivity index (χ3n) is 3.75. The van der Waals surface area contributed by atoms with E-state index >= 15 is 0 Å². The van der Waals surface area contributed by atoms with E-state index in [9.17, 15) is 4.79 Å². The van der Waals surface area contributed by atoms with Crippen LogP contribution in [0.25, 0.3) is 11.1 Å². The van der Waals surface area contributed by atoms with Crippen LogP contribution in [-0.4, -0.2) is 23.0 Å². The lowest BCUT2D eigenvalue weighted by Gasteiger charge is -2.26. The highest BCUT2D eigenvalue weighted by Gasteiger charge is 2.22. The van der Waals surface area contributed by atoms with Crippen LogP contribution in [0.4, 0.5) is 0 Å². The van der Waals surface area contributed by atoms with E-state index in [-0.39, 0.29) is 17.2 Å². The number of nitrogens with one attached hydrogen (secondary N) is 1. The zero-order valence-corrected chi connectivity index (χ0v) is 12.2. The van der Waals surface area contributed by atoms with Crippen molar-refractivity contribution in [3.05, 3.63) is 29.7 Å². The first-order valence-corrected chi connectivity index (χ1v) is 6.91. The maximum atomic E-state index is 12.1. The van der Waals surface area contributed by atoms with Crippen LogP contribution in [0, 0.1) is 6.92 Å². The summed E-state index contributed by atoms with van der Waals surface area (Å²) in [4.78, 5) is 16.4. The molecule has 0 aromatic carbocycles. The minimum atomic E-state index is -0.365. The topological polar surface area (TPSA) is 81.1 Å². The van der Waals surface area contributed by atoms with E-state index in [0.29, 0.717) is 17.6 Å². The van der Waals surface area contributed by atoms with E-state index in [1.54, 1.807) is 6.07 Å². The second-order valence-electron chi connectivity index (χ2n) is 5.20. The van der Waals surface area contributed by atoms with Gasteiger partial charge < -0.3 is 15.5 Å². The van der Waals surface area contributed by atoms with Gasteiger partial charge in [-0.25, -0.2) is 4.98 Å². The standard InChI is InChI=1S/C15H21N3O2/c1-4-15(16,5-2)9-17-14(19)13-8-11-12(20-13)7-6-10(3)18-11/h6-8H,4-5,9,16H2,1-3H3,(H,17,19). The van der Waals surface area contributed by atoms with Gasteiger partial charge in [0.05, 0.1) is 0 Å². The van der Waals surface area contributed by atoms with Crippen LogP contribution in [0.15, 0.2) is 22.6 Å². The van der Waals surface area contributed by atoms with Gasteiger partial charge in [0.25, 0.3) is 5.91 Å². The maximum absolute atomic E-state index is 12.1. The van der Waals surface area contributed by atoms with Crippen molar-refractivity contribution >= 4 is 17.0 Å². The monoisotopic (exact) mass is 275 g/mol. The van der Waals surface area contributed by atoms with E-state index < -0.39 is 0 Å². The van der Waals surface area contributed by atoms with Crippen LogP contribution in [0.2, 0.25) is 0 Å². The molecule has 0 aliphatic rings. The second kappa shape index (κ2) is 5.63. The van der Waals surface area contributed by atoms with Crippen LogP contribution in [0.3, 0.4) is 0 Å². The van der Waals surface area contributed by atoms with Gasteiger partial charge in [-0.2, -0.15) is 0 Å². The lowest BCUT2D eigenvalue weighted by atomic mass is 9.94. The highest BCUT2D eigenvalue weighted by atomic mass is 16.3. The molecule has 2 aromatic heterocycles. The zero-order chi connectivity index (χ0) is 14.8. The molecule has 20 heavy (non-hydrogen) atoms. The summed E-state index contributed by atoms with van der Waals surface area (Å²) in [5, 5.41) is 2.83. The molecule has 0 saturated heterocycles. The zero-order valence-electron chi connectivity index (χ0n) is 12.2. The molecular weight excluding hydrogens is 254 g/mol. The molecule has 0 spiro atoms. The van der Waals surface area contributed by atoms with Crippen LogP contribution in [0.5, 0.6) is 0 Å². The third-order valence-corrected chi connectivity index (χ3v) is 3.75. The van der Waals surface area contributed by atoms with E-state index in [1.165, 1.54) is 0 Å². The van der Waals surface area contributed by atoms with Crippen LogP contribution in [0.1, 0.15) is 42.9 Å². The van der Waals surface area contributed by atoms with Crippen LogP contribution >= 0.6 is 0 Å². The number of pyridine rings is 1. The number of amides is 1. The SMILES string of the molecule is CCC(N)(CC)CNC(=O)c1cc2nc(C)ccc2o1. The van der Waals surface area contributed by atoms with E-state index in [4.69, 9.17) is 10.2 Å². The number of furan rings is 1. The minimum absolute atomic E-state index is 0.252. The van der Waals surface area contributed by atoms with E-state index in [1.807, 2.05) is 32.9 Å². The Balaban J connectivity index is 2.11. The Morgan fingerprint density at radius 1 is 1.40 bits per heavy atom. The van der Waals surface area contributed by atoms with E-state index in [2.05, 4.69) is 10.3 Å². The van der Waals surface area contributed by atoms with Crippen molar-refractivity contribution in [2.24, 2.45) is 5.73 Å². The molecule has 1 amide bonds. The molecule has 0 fully saturated rings. The maximum Gasteiger partial charge on any atom is 0.287 e. The van der Waals surface area contributed by atoms with Gasteiger partial charge in [-0.1, -0.05) is 13.8 Å². The minimum Gasteiger partial charge on any atom is -0.449 e. The normalized spacial score (nSPS) is 11.8. The molecule has 0 saturated carbocycles. The summed E-state index contributed by atoms with van der Waals surface area (Å²) < 4.78 is 5.50. The molecule has 3 N–H and O–H groups in total. The number of fused-ring (bicyclic) bond motifs is 1. The Labute approximate surface area is 118 Å². The summed E-state index contributed by atoms with van der Waals surface area (Å²) in [5.74, 6) is 0.0186. The summed E-state index contributed by atoms with van der Waals surface area (Å²) in [6, 6.07) is 5.33. The van der Waals surface area contributed by atoms with Crippen molar-refractivity contribution in [3.8, 4) is 0 Å². The molecule has 0 unspecified atom stereocenters. The first-order valence-electron chi connectivity index (χ1n) is 6.91. The van der Waals surface area contributed by atoms with Gasteiger partial charge in [0.15, 0.2) is 11.3 Å². The van der Waals surface area contributed by atoms with Gasteiger partial charge in [0.1, 0.15) is 5.52 Å². The Morgan fingerprint density at radius 3 is 2.75 bits per heavy atom. The average Bonchev–Trinajstić information content (AvgIpc) is 2.87. The van der Waals surface area contributed by atoms with Gasteiger partial charge in [-0.15, -0.1) is 0 Å². The summed E-state index contributed by atoms with van der Waals surface area (Å²) in [6.07, 6.45) is 1.62. The number of hydrogen-bond acceptors (Lipinski definition) is 4. The molecular formula is C15H21N3O2. The van der Waals surface area contributed by atoms with Crippen LogP contribution < -0.4 is 11.1 Å². The van der Waals surface area contributed by atoms with Gasteiger partial charge in [-0.3, -0.25) is 4.79 Å². The molecule has 5 nitrogen and oxygen atoms in total. The molecule has 2 rings (SSSR count). The van der Waals surface area contributed by atoms with Gasteiger partial charge in [0, 0.05) is 23.8 Å². The predicted octanol–water partition coefficient (Wildman–Crippen LogP) is 2.38. The number of hydrogen-bond donors (Lipinski definition) is 2. The van der Waals surface area contributed by atoms with Crippen LogP contribution in [-0.2, 0) is 0 Å². The number of nitrogens with two attached hydrogens (primary N) is 1. The molecule has 0 aliphatic heterocycles. The van der Waals surface area contributed by atoms with Gasteiger partial charge in [0.2, 0.25) is 0 Å². The molecule has 0 atom stereocenters. The summed E-state index contributed by atoms with van der Waals surface area (Å²) in [6.45, 7) is 6.37. The number of rotatable bonds is 5. The van der Waals surface area contributed by atoms with Crippen molar-refractivity contribution in [1.82, 2.24) is 10.3 Å². The predicted molar refractivity (Wildman–Crippen MR) is 78.6 cm³/mol. The second-order valence-corrected chi connectivity index (χ2v) is 5.20. The Hall–Kier alpha value is -1.88. The molecule has 2 heterocycles. The lowest BCUT2D eigenvalue weighted by Crippen LogP contribution is -2.49. The fourth-order valence-electron chi connectivity index (χ4n) is 1.98. The van der Waals surface area contributed by atoms with Crippen molar-refractivity contribution < 1.29 is 9.21 Å². The highest BCUT2D eigenvalue weighted by Crippen LogP contribution is 2.18. The summed E-state index contributed by atoms with van der Waals surface area (Å²) >= 11 is 0. The van der Waals surface area contributed by atoms with Crippen molar-refractivity contribution in [2.75, 3.05) is 6.54 Å². The Morgan fingerprint density at radius 2 is 2.10 bits per heavy atom. The van der Waals surface area contributed by atoms with Crippen molar-refractivity contribution in [1.29, 1.82) is 0 Å². The van der Waals surface area contributed by atoms with Gasteiger partial charge in [-0.05, 0) is 31.9 Å². The molecule has 2 aromatic rings. The summed E-state index contributed by atoms with van der Waals surface area (Å²) in [7, 11) is 0. The third kappa shape index (κ3) is 2.99. The first kappa shape index (κ1) is 14.5. The molecule has 108 valence electrons. The number of aromatic nitrogens is 1. The molecule has 0 bridgehead atoms. The van der Waals surface area contributed by atoms with Crippen molar-refractivity contribution in [3.63, 3.8) is 0 Å². The first-order chi connectivity index (χ1) is 9.47. The highest BCUT2D eigenvalue weighted by molar-refractivity contribution is 5.95.